The average molecular weight is 328 g/mol. The molecule has 118 valence electrons. The Bertz CT molecular complexity index is 811. The minimum Gasteiger partial charge on any atom is -0.398 e. The SMILES string of the molecule is CN(C)c1nc(F)nc(Nc2ccc(S(=O)(=O)O)c(N)c2)n1. The highest BCUT2D eigenvalue weighted by Gasteiger charge is 2.14. The molecule has 1 aromatic heterocycles. The molecule has 0 saturated carbocycles. The van der Waals surface area contributed by atoms with E-state index in [0.717, 1.165) is 6.07 Å². The minimum atomic E-state index is -4.41. The van der Waals surface area contributed by atoms with E-state index in [2.05, 4.69) is 20.3 Å². The first-order valence-electron chi connectivity index (χ1n) is 5.90. The molecule has 0 atom stereocenters. The number of aromatic nitrogens is 3. The summed E-state index contributed by atoms with van der Waals surface area (Å²) in [6.45, 7) is 0. The number of nitrogens with zero attached hydrogens (tertiary/aromatic N) is 4. The zero-order valence-corrected chi connectivity index (χ0v) is 12.5. The number of benzene rings is 1. The summed E-state index contributed by atoms with van der Waals surface area (Å²) in [5.74, 6) is 0.0349. The van der Waals surface area contributed by atoms with E-state index in [1.807, 2.05) is 0 Å². The summed E-state index contributed by atoms with van der Waals surface area (Å²) in [4.78, 5) is 12.0. The van der Waals surface area contributed by atoms with Crippen LogP contribution in [0.5, 0.6) is 0 Å². The van der Waals surface area contributed by atoms with Gasteiger partial charge in [-0.1, -0.05) is 0 Å². The number of nitrogens with one attached hydrogen (secondary N) is 1. The summed E-state index contributed by atoms with van der Waals surface area (Å²) in [5, 5.41) is 2.67. The first-order chi connectivity index (χ1) is 10.2. The normalized spacial score (nSPS) is 11.3. The fourth-order valence-electron chi connectivity index (χ4n) is 1.59. The van der Waals surface area contributed by atoms with Crippen molar-refractivity contribution in [1.82, 2.24) is 15.0 Å². The summed E-state index contributed by atoms with van der Waals surface area (Å²) >= 11 is 0. The molecule has 1 aromatic carbocycles. The standard InChI is InChI=1S/C11H13FN6O3S/c1-18(2)11-16-9(12)15-10(17-11)14-6-3-4-8(7(13)5-6)22(19,20)21/h3-5H,13H2,1-2H3,(H,19,20,21)(H,14,15,16,17). The molecule has 0 unspecified atom stereocenters. The van der Waals surface area contributed by atoms with Crippen LogP contribution in [0, 0.1) is 6.08 Å². The van der Waals surface area contributed by atoms with Gasteiger partial charge in [0.1, 0.15) is 4.90 Å². The van der Waals surface area contributed by atoms with E-state index in [0.29, 0.717) is 5.69 Å². The molecule has 0 aliphatic carbocycles. The Kier molecular flexibility index (Phi) is 4.10. The predicted molar refractivity (Wildman–Crippen MR) is 78.1 cm³/mol. The number of hydrogen-bond donors (Lipinski definition) is 3. The van der Waals surface area contributed by atoms with E-state index < -0.39 is 21.1 Å². The number of nitrogen functional groups attached to an aromatic ring is 1. The van der Waals surface area contributed by atoms with E-state index in [1.54, 1.807) is 14.1 Å². The van der Waals surface area contributed by atoms with Crippen LogP contribution in [0.1, 0.15) is 0 Å². The Morgan fingerprint density at radius 1 is 1.27 bits per heavy atom. The molecule has 0 aliphatic heterocycles. The van der Waals surface area contributed by atoms with Gasteiger partial charge < -0.3 is 16.0 Å². The highest BCUT2D eigenvalue weighted by atomic mass is 32.2. The number of anilines is 4. The predicted octanol–water partition coefficient (Wildman–Crippen LogP) is 0.649. The second kappa shape index (κ2) is 5.69. The van der Waals surface area contributed by atoms with Crippen LogP contribution in [-0.4, -0.2) is 42.0 Å². The second-order valence-corrected chi connectivity index (χ2v) is 5.87. The van der Waals surface area contributed by atoms with Gasteiger partial charge in [0.05, 0.1) is 5.69 Å². The molecule has 0 radical (unpaired) electrons. The molecular weight excluding hydrogens is 315 g/mol. The van der Waals surface area contributed by atoms with Crippen molar-refractivity contribution in [3.05, 3.63) is 24.3 Å². The van der Waals surface area contributed by atoms with Crippen molar-refractivity contribution in [1.29, 1.82) is 0 Å². The summed E-state index contributed by atoms with van der Waals surface area (Å²) in [6, 6.07) is 3.69. The van der Waals surface area contributed by atoms with Crippen molar-refractivity contribution in [3.8, 4) is 0 Å². The van der Waals surface area contributed by atoms with Gasteiger partial charge in [0.25, 0.3) is 10.1 Å². The Labute approximate surface area is 125 Å². The van der Waals surface area contributed by atoms with E-state index in [1.165, 1.54) is 17.0 Å². The van der Waals surface area contributed by atoms with Gasteiger partial charge >= 0.3 is 6.08 Å². The van der Waals surface area contributed by atoms with E-state index in [9.17, 15) is 12.8 Å². The third kappa shape index (κ3) is 3.56. The van der Waals surface area contributed by atoms with Crippen LogP contribution in [0.2, 0.25) is 0 Å². The molecule has 2 rings (SSSR count). The molecule has 0 saturated heterocycles. The van der Waals surface area contributed by atoms with E-state index in [4.69, 9.17) is 10.3 Å². The van der Waals surface area contributed by atoms with Crippen LogP contribution < -0.4 is 16.0 Å². The van der Waals surface area contributed by atoms with Crippen molar-refractivity contribution in [2.24, 2.45) is 0 Å². The van der Waals surface area contributed by atoms with E-state index >= 15 is 0 Å². The molecule has 4 N–H and O–H groups in total. The molecule has 0 bridgehead atoms. The number of halogens is 1. The zero-order chi connectivity index (χ0) is 16.5. The third-order valence-corrected chi connectivity index (χ3v) is 3.47. The average Bonchev–Trinajstić information content (AvgIpc) is 2.36. The number of rotatable bonds is 4. The lowest BCUT2D eigenvalue weighted by atomic mass is 10.3. The molecule has 22 heavy (non-hydrogen) atoms. The third-order valence-electron chi connectivity index (χ3n) is 2.54. The second-order valence-electron chi connectivity index (χ2n) is 4.48. The lowest BCUT2D eigenvalue weighted by Gasteiger charge is -2.12. The molecule has 1 heterocycles. The van der Waals surface area contributed by atoms with Crippen LogP contribution in [0.25, 0.3) is 0 Å². The zero-order valence-electron chi connectivity index (χ0n) is 11.6. The van der Waals surface area contributed by atoms with Gasteiger partial charge in [0.2, 0.25) is 11.9 Å². The molecule has 0 aliphatic rings. The fourth-order valence-corrected chi connectivity index (χ4v) is 2.18. The van der Waals surface area contributed by atoms with Crippen molar-refractivity contribution in [2.75, 3.05) is 30.0 Å². The van der Waals surface area contributed by atoms with Gasteiger partial charge in [0, 0.05) is 19.8 Å². The summed E-state index contributed by atoms with van der Waals surface area (Å²) in [5.41, 5.74) is 5.70. The van der Waals surface area contributed by atoms with Crippen molar-refractivity contribution >= 4 is 33.4 Å². The van der Waals surface area contributed by atoms with Gasteiger partial charge in [-0.15, -0.1) is 0 Å². The van der Waals surface area contributed by atoms with Crippen LogP contribution >= 0.6 is 0 Å². The highest BCUT2D eigenvalue weighted by molar-refractivity contribution is 7.86. The Morgan fingerprint density at radius 3 is 2.50 bits per heavy atom. The Hall–Kier alpha value is -2.53. The number of hydrogen-bond acceptors (Lipinski definition) is 8. The van der Waals surface area contributed by atoms with Gasteiger partial charge in [-0.25, -0.2) is 0 Å². The van der Waals surface area contributed by atoms with Crippen molar-refractivity contribution < 1.29 is 17.4 Å². The van der Waals surface area contributed by atoms with Gasteiger partial charge in [-0.05, 0) is 18.2 Å². The number of nitrogens with two attached hydrogens (primary N) is 1. The summed E-state index contributed by atoms with van der Waals surface area (Å²) in [6.07, 6.45) is -0.969. The van der Waals surface area contributed by atoms with Crippen LogP contribution in [0.15, 0.2) is 23.1 Å². The molecule has 2 aromatic rings. The highest BCUT2D eigenvalue weighted by Crippen LogP contribution is 2.24. The first kappa shape index (κ1) is 15.9. The quantitative estimate of drug-likeness (QED) is 0.546. The molecule has 9 nitrogen and oxygen atoms in total. The lowest BCUT2D eigenvalue weighted by Crippen LogP contribution is -2.15. The minimum absolute atomic E-state index is 0.0739. The topological polar surface area (TPSA) is 134 Å². The van der Waals surface area contributed by atoms with Crippen LogP contribution in [0.4, 0.5) is 27.7 Å². The summed E-state index contributed by atoms with van der Waals surface area (Å²) in [7, 11) is -1.14. The first-order valence-corrected chi connectivity index (χ1v) is 7.34. The largest absolute Gasteiger partial charge is 0.398 e. The van der Waals surface area contributed by atoms with Crippen LogP contribution in [-0.2, 0) is 10.1 Å². The van der Waals surface area contributed by atoms with Gasteiger partial charge in [-0.2, -0.15) is 27.8 Å². The smallest absolute Gasteiger partial charge is 0.315 e. The molecule has 0 fully saturated rings. The maximum absolute atomic E-state index is 13.3. The van der Waals surface area contributed by atoms with Gasteiger partial charge in [0.15, 0.2) is 0 Å². The molecule has 11 heteroatoms. The van der Waals surface area contributed by atoms with E-state index in [-0.39, 0.29) is 17.6 Å². The Balaban J connectivity index is 2.34. The van der Waals surface area contributed by atoms with Crippen molar-refractivity contribution in [3.63, 3.8) is 0 Å². The lowest BCUT2D eigenvalue weighted by molar-refractivity contribution is 0.483. The molecular formula is C11H13FN6O3S. The fraction of sp³-hybridized carbons (Fsp3) is 0.182. The maximum atomic E-state index is 13.3. The van der Waals surface area contributed by atoms with Crippen LogP contribution in [0.3, 0.4) is 0 Å². The van der Waals surface area contributed by atoms with Gasteiger partial charge in [-0.3, -0.25) is 4.55 Å². The maximum Gasteiger partial charge on any atom is 0.315 e. The Morgan fingerprint density at radius 2 is 1.95 bits per heavy atom. The summed E-state index contributed by atoms with van der Waals surface area (Å²) < 4.78 is 44.4. The molecule has 0 spiro atoms. The molecule has 0 amide bonds. The monoisotopic (exact) mass is 328 g/mol. The van der Waals surface area contributed by atoms with Crippen molar-refractivity contribution in [2.45, 2.75) is 4.90 Å².